The summed E-state index contributed by atoms with van der Waals surface area (Å²) < 4.78 is 0. The number of carbonyl (C=O) groups excluding carboxylic acids is 1. The van der Waals surface area contributed by atoms with Crippen LogP contribution in [0.25, 0.3) is 6.08 Å². The van der Waals surface area contributed by atoms with Crippen LogP contribution in [-0.2, 0) is 0 Å². The zero-order chi connectivity index (χ0) is 12.0. The van der Waals surface area contributed by atoms with Crippen LogP contribution in [0.4, 0.5) is 5.69 Å². The number of carbonyl (C=O) groups is 1. The first-order valence-corrected chi connectivity index (χ1v) is 4.69. The van der Waals surface area contributed by atoms with Crippen LogP contribution >= 0.6 is 0 Å². The van der Waals surface area contributed by atoms with Gasteiger partial charge >= 0.3 is 0 Å². The maximum atomic E-state index is 10.6. The van der Waals surface area contributed by atoms with E-state index in [0.717, 1.165) is 0 Å². The molecule has 0 bridgehead atoms. The van der Waals surface area contributed by atoms with Gasteiger partial charge in [-0.2, -0.15) is 0 Å². The fourth-order valence-electron chi connectivity index (χ4n) is 1.22. The Kier molecular flexibility index (Phi) is 4.35. The highest BCUT2D eigenvalue weighted by atomic mass is 16.6. The number of nitro benzene ring substituents is 1. The Morgan fingerprint density at radius 2 is 2.00 bits per heavy atom. The zero-order valence-electron chi connectivity index (χ0n) is 8.50. The summed E-state index contributed by atoms with van der Waals surface area (Å²) in [6, 6.07) is 4.14. The van der Waals surface area contributed by atoms with Gasteiger partial charge in [-0.25, -0.2) is 0 Å². The van der Waals surface area contributed by atoms with Crippen molar-refractivity contribution in [1.29, 1.82) is 0 Å². The highest BCUT2D eigenvalue weighted by Crippen LogP contribution is 2.17. The lowest BCUT2D eigenvalue weighted by Crippen LogP contribution is -1.91. The van der Waals surface area contributed by atoms with Gasteiger partial charge in [-0.1, -0.05) is 12.2 Å². The molecule has 0 fully saturated rings. The minimum Gasteiger partial charge on any atom is -0.396 e. The van der Waals surface area contributed by atoms with E-state index in [-0.39, 0.29) is 17.9 Å². The van der Waals surface area contributed by atoms with Crippen molar-refractivity contribution in [2.24, 2.45) is 0 Å². The molecule has 0 heterocycles. The third kappa shape index (κ3) is 3.29. The van der Waals surface area contributed by atoms with Gasteiger partial charge in [0.2, 0.25) is 0 Å². The second-order valence-electron chi connectivity index (χ2n) is 3.15. The molecule has 16 heavy (non-hydrogen) atoms. The number of aldehydes is 1. The van der Waals surface area contributed by atoms with Crippen molar-refractivity contribution >= 4 is 18.0 Å². The summed E-state index contributed by atoms with van der Waals surface area (Å²) in [6.07, 6.45) is 4.36. The van der Waals surface area contributed by atoms with Crippen molar-refractivity contribution in [2.45, 2.75) is 6.42 Å². The van der Waals surface area contributed by atoms with Gasteiger partial charge < -0.3 is 5.11 Å². The third-order valence-electron chi connectivity index (χ3n) is 1.92. The minimum absolute atomic E-state index is 0.0198. The quantitative estimate of drug-likeness (QED) is 0.467. The van der Waals surface area contributed by atoms with E-state index in [1.54, 1.807) is 18.2 Å². The van der Waals surface area contributed by atoms with E-state index in [1.165, 1.54) is 12.1 Å². The maximum absolute atomic E-state index is 10.6. The van der Waals surface area contributed by atoms with Crippen molar-refractivity contribution in [2.75, 3.05) is 6.61 Å². The van der Waals surface area contributed by atoms with Crippen LogP contribution in [0.15, 0.2) is 24.3 Å². The molecule has 0 aromatic heterocycles. The average Bonchev–Trinajstić information content (AvgIpc) is 2.29. The van der Waals surface area contributed by atoms with E-state index < -0.39 is 4.92 Å². The molecule has 1 aromatic carbocycles. The topological polar surface area (TPSA) is 80.4 Å². The molecule has 0 atom stereocenters. The second-order valence-corrected chi connectivity index (χ2v) is 3.15. The predicted molar refractivity (Wildman–Crippen MR) is 59.2 cm³/mol. The predicted octanol–water partition coefficient (Wildman–Crippen LogP) is 1.80. The molecule has 1 rings (SSSR count). The van der Waals surface area contributed by atoms with E-state index in [1.807, 2.05) is 0 Å². The smallest absolute Gasteiger partial charge is 0.270 e. The van der Waals surface area contributed by atoms with Crippen LogP contribution < -0.4 is 0 Å². The van der Waals surface area contributed by atoms with Crippen LogP contribution in [0, 0.1) is 10.1 Å². The molecule has 0 aliphatic heterocycles. The number of aliphatic hydroxyl groups excluding tert-OH is 1. The van der Waals surface area contributed by atoms with Gasteiger partial charge in [0.05, 0.1) is 4.92 Å². The van der Waals surface area contributed by atoms with E-state index in [0.29, 0.717) is 18.3 Å². The third-order valence-corrected chi connectivity index (χ3v) is 1.92. The van der Waals surface area contributed by atoms with Crippen molar-refractivity contribution in [3.63, 3.8) is 0 Å². The van der Waals surface area contributed by atoms with Crippen LogP contribution in [0.2, 0.25) is 0 Å². The Bertz CT molecular complexity index is 426. The van der Waals surface area contributed by atoms with Gasteiger partial charge in [-0.3, -0.25) is 14.9 Å². The molecule has 5 heteroatoms. The van der Waals surface area contributed by atoms with E-state index in [2.05, 4.69) is 0 Å². The first kappa shape index (κ1) is 12.1. The lowest BCUT2D eigenvalue weighted by atomic mass is 10.1. The monoisotopic (exact) mass is 221 g/mol. The molecule has 0 saturated heterocycles. The SMILES string of the molecule is O=Cc1cc(C=CCCO)cc([N+](=O)[O-])c1. The summed E-state index contributed by atoms with van der Waals surface area (Å²) in [4.78, 5) is 20.6. The van der Waals surface area contributed by atoms with Crippen LogP contribution in [-0.4, -0.2) is 22.9 Å². The second kappa shape index (κ2) is 5.77. The Hall–Kier alpha value is -2.01. The molecule has 1 aromatic rings. The lowest BCUT2D eigenvalue weighted by Gasteiger charge is -1.97. The molecule has 0 radical (unpaired) electrons. The largest absolute Gasteiger partial charge is 0.396 e. The number of hydrogen-bond donors (Lipinski definition) is 1. The molecular formula is C11H11NO4. The van der Waals surface area contributed by atoms with Crippen molar-refractivity contribution in [1.82, 2.24) is 0 Å². The van der Waals surface area contributed by atoms with Gasteiger partial charge in [0.25, 0.3) is 5.69 Å². The van der Waals surface area contributed by atoms with Crippen LogP contribution in [0.1, 0.15) is 22.3 Å². The van der Waals surface area contributed by atoms with Crippen molar-refractivity contribution in [3.05, 3.63) is 45.5 Å². The standard InChI is InChI=1S/C11H11NO4/c13-4-2-1-3-9-5-10(8-14)7-11(6-9)12(15)16/h1,3,5-8,13H,2,4H2. The average molecular weight is 221 g/mol. The van der Waals surface area contributed by atoms with E-state index in [9.17, 15) is 14.9 Å². The Morgan fingerprint density at radius 3 is 2.56 bits per heavy atom. The summed E-state index contributed by atoms with van der Waals surface area (Å²) in [5.41, 5.74) is 0.718. The highest BCUT2D eigenvalue weighted by Gasteiger charge is 2.07. The lowest BCUT2D eigenvalue weighted by molar-refractivity contribution is -0.384. The molecule has 0 aliphatic carbocycles. The molecular weight excluding hydrogens is 210 g/mol. The molecule has 0 amide bonds. The molecule has 0 unspecified atom stereocenters. The fourth-order valence-corrected chi connectivity index (χ4v) is 1.22. The maximum Gasteiger partial charge on any atom is 0.270 e. The number of non-ortho nitro benzene ring substituents is 1. The summed E-state index contributed by atoms with van der Waals surface area (Å²) >= 11 is 0. The zero-order valence-corrected chi connectivity index (χ0v) is 8.50. The Labute approximate surface area is 92.2 Å². The van der Waals surface area contributed by atoms with Gasteiger partial charge in [0, 0.05) is 24.3 Å². The minimum atomic E-state index is -0.545. The van der Waals surface area contributed by atoms with Gasteiger partial charge in [-0.15, -0.1) is 0 Å². The molecule has 1 N–H and O–H groups in total. The first-order chi connectivity index (χ1) is 7.67. The molecule has 5 nitrogen and oxygen atoms in total. The Morgan fingerprint density at radius 1 is 1.31 bits per heavy atom. The molecule has 0 aliphatic rings. The molecule has 84 valence electrons. The highest BCUT2D eigenvalue weighted by molar-refractivity contribution is 5.78. The Balaban J connectivity index is 3.04. The van der Waals surface area contributed by atoms with E-state index >= 15 is 0 Å². The molecule has 0 spiro atoms. The summed E-state index contributed by atoms with van der Waals surface area (Å²) in [6.45, 7) is 0.0198. The van der Waals surface area contributed by atoms with Crippen LogP contribution in [0.3, 0.4) is 0 Å². The summed E-state index contributed by atoms with van der Waals surface area (Å²) in [5.74, 6) is 0. The molecule has 0 saturated carbocycles. The normalized spacial score (nSPS) is 10.6. The number of aliphatic hydroxyl groups is 1. The number of hydrogen-bond acceptors (Lipinski definition) is 4. The van der Waals surface area contributed by atoms with Gasteiger partial charge in [0.1, 0.15) is 6.29 Å². The van der Waals surface area contributed by atoms with Gasteiger partial charge in [0.15, 0.2) is 0 Å². The van der Waals surface area contributed by atoms with E-state index in [4.69, 9.17) is 5.11 Å². The number of nitro groups is 1. The number of rotatable bonds is 5. The van der Waals surface area contributed by atoms with Crippen molar-refractivity contribution < 1.29 is 14.8 Å². The fraction of sp³-hybridized carbons (Fsp3) is 0.182. The van der Waals surface area contributed by atoms with Crippen LogP contribution in [0.5, 0.6) is 0 Å². The summed E-state index contributed by atoms with van der Waals surface area (Å²) in [7, 11) is 0. The summed E-state index contributed by atoms with van der Waals surface area (Å²) in [5, 5.41) is 19.1. The number of nitrogens with zero attached hydrogens (tertiary/aromatic N) is 1. The van der Waals surface area contributed by atoms with Crippen molar-refractivity contribution in [3.8, 4) is 0 Å². The van der Waals surface area contributed by atoms with Gasteiger partial charge in [-0.05, 0) is 18.1 Å². The number of benzene rings is 1. The first-order valence-electron chi connectivity index (χ1n) is 4.69.